The van der Waals surface area contributed by atoms with Crippen LogP contribution in [0, 0.1) is 11.8 Å². The molecule has 0 bridgehead atoms. The second kappa shape index (κ2) is 20.6. The van der Waals surface area contributed by atoms with Gasteiger partial charge in [-0.15, -0.1) is 0 Å². The Morgan fingerprint density at radius 1 is 0.439 bits per heavy atom. The topological polar surface area (TPSA) is 72.5 Å². The van der Waals surface area contributed by atoms with Gasteiger partial charge >= 0.3 is 0 Å². The van der Waals surface area contributed by atoms with Gasteiger partial charge in [-0.1, -0.05) is 152 Å². The van der Waals surface area contributed by atoms with Gasteiger partial charge < -0.3 is 28.4 Å². The molecule has 292 valence electrons. The quantitative estimate of drug-likeness (QED) is 0.0815. The minimum absolute atomic E-state index is 0.0358. The van der Waals surface area contributed by atoms with Crippen LogP contribution in [0.3, 0.4) is 0 Å². The summed E-state index contributed by atoms with van der Waals surface area (Å²) in [5, 5.41) is 0. The lowest BCUT2D eigenvalue weighted by Gasteiger charge is -2.45. The first kappa shape index (κ1) is 39.7. The number of rotatable bonds is 19. The molecule has 0 radical (unpaired) electrons. The van der Waals surface area contributed by atoms with Crippen LogP contribution >= 0.6 is 0 Å². The van der Waals surface area contributed by atoms with Gasteiger partial charge in [0.25, 0.3) is 0 Å². The summed E-state index contributed by atoms with van der Waals surface area (Å²) in [4.78, 5) is 15.1. The minimum atomic E-state index is -0.693. The van der Waals surface area contributed by atoms with Crippen molar-refractivity contribution in [1.29, 1.82) is 0 Å². The zero-order chi connectivity index (χ0) is 39.1. The van der Waals surface area contributed by atoms with E-state index in [0.29, 0.717) is 32.0 Å². The van der Waals surface area contributed by atoms with Gasteiger partial charge in [0.05, 0.1) is 64.2 Å². The predicted octanol–water partition coefficient (Wildman–Crippen LogP) is 9.45. The number of hydrogen-bond acceptors (Lipinski definition) is 7. The number of ether oxygens (including phenoxy) is 6. The van der Waals surface area contributed by atoms with Crippen molar-refractivity contribution >= 4 is 5.78 Å². The van der Waals surface area contributed by atoms with Crippen molar-refractivity contribution in [1.82, 2.24) is 0 Å². The van der Waals surface area contributed by atoms with Crippen molar-refractivity contribution in [3.8, 4) is 11.5 Å². The zero-order valence-electron chi connectivity index (χ0n) is 32.4. The van der Waals surface area contributed by atoms with E-state index in [-0.39, 0.29) is 25.6 Å². The first-order valence-electron chi connectivity index (χ1n) is 19.6. The van der Waals surface area contributed by atoms with E-state index in [1.54, 1.807) is 7.11 Å². The van der Waals surface area contributed by atoms with Crippen molar-refractivity contribution in [3.05, 3.63) is 203 Å². The number of ketones is 1. The molecule has 7 nitrogen and oxygen atoms in total. The highest BCUT2D eigenvalue weighted by atomic mass is 16.6. The fourth-order valence-corrected chi connectivity index (χ4v) is 7.32. The molecular weight excluding hydrogens is 713 g/mol. The molecule has 0 aliphatic heterocycles. The Hall–Kier alpha value is -5.57. The third-order valence-electron chi connectivity index (χ3n) is 10.4. The third kappa shape index (κ3) is 11.1. The van der Waals surface area contributed by atoms with Gasteiger partial charge in [0.15, 0.2) is 0 Å². The average molecular weight is 763 g/mol. The van der Waals surface area contributed by atoms with Crippen molar-refractivity contribution in [2.24, 2.45) is 11.8 Å². The molecule has 0 heterocycles. The first-order chi connectivity index (χ1) is 28.1. The van der Waals surface area contributed by atoms with E-state index >= 15 is 4.79 Å². The maximum absolute atomic E-state index is 15.1. The fourth-order valence-electron chi connectivity index (χ4n) is 7.32. The normalized spacial score (nSPS) is 19.2. The van der Waals surface area contributed by atoms with Crippen molar-refractivity contribution in [3.63, 3.8) is 0 Å². The van der Waals surface area contributed by atoms with E-state index < -0.39 is 30.1 Å². The highest BCUT2D eigenvalue weighted by Crippen LogP contribution is 2.36. The molecule has 1 saturated carbocycles. The molecule has 7 rings (SSSR count). The number of Topliss-reactive ketones (excluding diaryl/α,β-unsaturated/α-hetero) is 1. The summed E-state index contributed by atoms with van der Waals surface area (Å²) < 4.78 is 38.9. The smallest absolute Gasteiger partial charge is 0.150 e. The van der Waals surface area contributed by atoms with Crippen LogP contribution in [0.15, 0.2) is 170 Å². The third-order valence-corrected chi connectivity index (χ3v) is 10.4. The largest absolute Gasteiger partial charge is 0.497 e. The van der Waals surface area contributed by atoms with E-state index in [1.807, 2.05) is 152 Å². The molecule has 1 fully saturated rings. The molecule has 0 aromatic heterocycles. The van der Waals surface area contributed by atoms with Crippen molar-refractivity contribution in [2.45, 2.75) is 51.2 Å². The lowest BCUT2D eigenvalue weighted by Crippen LogP contribution is -2.61. The van der Waals surface area contributed by atoms with Gasteiger partial charge in [0.2, 0.25) is 0 Å². The number of benzene rings is 6. The minimum Gasteiger partial charge on any atom is -0.497 e. The zero-order valence-corrected chi connectivity index (χ0v) is 32.4. The molecule has 6 aromatic rings. The Kier molecular flexibility index (Phi) is 14.3. The Morgan fingerprint density at radius 3 is 1.39 bits per heavy atom. The summed E-state index contributed by atoms with van der Waals surface area (Å²) in [6.45, 7) is 1.49. The van der Waals surface area contributed by atoms with Gasteiger partial charge in [0, 0.05) is 6.42 Å². The Labute approximate surface area is 336 Å². The van der Waals surface area contributed by atoms with Gasteiger partial charge in [-0.25, -0.2) is 0 Å². The second-order valence-electron chi connectivity index (χ2n) is 14.3. The van der Waals surface area contributed by atoms with Gasteiger partial charge in [-0.2, -0.15) is 0 Å². The molecule has 0 amide bonds. The molecule has 0 unspecified atom stereocenters. The number of carbonyl (C=O) groups is 1. The highest BCUT2D eigenvalue weighted by molar-refractivity contribution is 5.86. The molecule has 1 aliphatic rings. The Balaban J connectivity index is 1.21. The van der Waals surface area contributed by atoms with E-state index in [4.69, 9.17) is 28.4 Å². The van der Waals surface area contributed by atoms with Crippen LogP contribution in [0.5, 0.6) is 11.5 Å². The molecular formula is C50H50O7. The fraction of sp³-hybridized carbons (Fsp3) is 0.260. The molecule has 0 saturated heterocycles. The molecule has 7 heteroatoms. The number of methoxy groups -OCH3 is 1. The van der Waals surface area contributed by atoms with Crippen LogP contribution in [-0.4, -0.2) is 44.4 Å². The summed E-state index contributed by atoms with van der Waals surface area (Å²) in [6.07, 6.45) is -1.34. The van der Waals surface area contributed by atoms with Crippen molar-refractivity contribution < 1.29 is 33.2 Å². The second-order valence-corrected chi connectivity index (χ2v) is 14.3. The van der Waals surface area contributed by atoms with Crippen LogP contribution in [0.1, 0.15) is 33.4 Å². The SMILES string of the molecule is COc1ccc(Cc2ccccc2OC[C@@H]2C(=O)[C@H](COCc3ccccc3)[C@@H](OCc3ccccc3)[C@H](OCc3ccccc3)[C@H]2OCc2ccccc2)cc1. The van der Waals surface area contributed by atoms with E-state index in [0.717, 1.165) is 39.1 Å². The molecule has 6 aromatic carbocycles. The van der Waals surface area contributed by atoms with Crippen LogP contribution in [0.25, 0.3) is 0 Å². The predicted molar refractivity (Wildman–Crippen MR) is 221 cm³/mol. The first-order valence-corrected chi connectivity index (χ1v) is 19.6. The maximum atomic E-state index is 15.1. The summed E-state index contributed by atoms with van der Waals surface area (Å²) in [7, 11) is 1.66. The van der Waals surface area contributed by atoms with Gasteiger partial charge in [-0.05, 0) is 51.6 Å². The van der Waals surface area contributed by atoms with Gasteiger partial charge in [0.1, 0.15) is 30.0 Å². The molecule has 0 N–H and O–H groups in total. The van der Waals surface area contributed by atoms with Crippen molar-refractivity contribution in [2.75, 3.05) is 20.3 Å². The van der Waals surface area contributed by atoms with Gasteiger partial charge in [-0.3, -0.25) is 4.79 Å². The average Bonchev–Trinajstić information content (AvgIpc) is 3.27. The van der Waals surface area contributed by atoms with Crippen LogP contribution in [0.2, 0.25) is 0 Å². The molecule has 0 spiro atoms. The monoisotopic (exact) mass is 762 g/mol. The summed E-state index contributed by atoms with van der Waals surface area (Å²) in [6, 6.07) is 56.0. The summed E-state index contributed by atoms with van der Waals surface area (Å²) in [5.74, 6) is 0.136. The maximum Gasteiger partial charge on any atom is 0.150 e. The highest BCUT2D eigenvalue weighted by Gasteiger charge is 2.53. The van der Waals surface area contributed by atoms with Crippen LogP contribution in [-0.2, 0) is 56.6 Å². The van der Waals surface area contributed by atoms with E-state index in [1.165, 1.54) is 0 Å². The number of carbonyl (C=O) groups excluding carboxylic acids is 1. The Morgan fingerprint density at radius 2 is 0.877 bits per heavy atom. The number of hydrogen-bond donors (Lipinski definition) is 0. The summed E-state index contributed by atoms with van der Waals surface area (Å²) in [5.41, 5.74) is 6.15. The van der Waals surface area contributed by atoms with Crippen LogP contribution < -0.4 is 9.47 Å². The van der Waals surface area contributed by atoms with E-state index in [9.17, 15) is 0 Å². The summed E-state index contributed by atoms with van der Waals surface area (Å²) >= 11 is 0. The lowest BCUT2D eigenvalue weighted by atomic mass is 9.74. The lowest BCUT2D eigenvalue weighted by molar-refractivity contribution is -0.211. The van der Waals surface area contributed by atoms with Crippen LogP contribution in [0.4, 0.5) is 0 Å². The Bertz CT molecular complexity index is 2070. The molecule has 1 aliphatic carbocycles. The molecule has 57 heavy (non-hydrogen) atoms. The number of para-hydroxylation sites is 1. The van der Waals surface area contributed by atoms with E-state index in [2.05, 4.69) is 18.2 Å². The molecule has 5 atom stereocenters. The standard InChI is InChI=1S/C50H50O7/c1-52-43-28-26-37(27-29-43)30-42-24-14-15-25-46(42)54-36-45-47(51)44(35-53-31-38-16-6-2-7-17-38)48(55-32-39-18-8-3-9-19-39)50(57-34-41-22-12-5-13-23-41)49(45)56-33-40-20-10-4-11-21-40/h2-29,44-45,48-50H,30-36H2,1H3/t44-,45+,48+,49-,50-/m0/s1.